The fourth-order valence-electron chi connectivity index (χ4n) is 2.56. The Hall–Kier alpha value is -1.76. The molecule has 118 valence electrons. The molecule has 1 aliphatic heterocycles. The molecule has 0 radical (unpaired) electrons. The van der Waals surface area contributed by atoms with Crippen LogP contribution in [0.3, 0.4) is 0 Å². The van der Waals surface area contributed by atoms with E-state index in [4.69, 9.17) is 10.5 Å². The predicted octanol–water partition coefficient (Wildman–Crippen LogP) is 0.696. The minimum absolute atomic E-state index is 0.0363. The number of morpholine rings is 1. The van der Waals surface area contributed by atoms with Gasteiger partial charge in [0.1, 0.15) is 6.04 Å². The largest absolute Gasteiger partial charge is 0.394 e. The zero-order valence-corrected chi connectivity index (χ0v) is 13.2. The Bertz CT molecular complexity index is 512. The normalized spacial score (nSPS) is 19.1. The van der Waals surface area contributed by atoms with Gasteiger partial charge in [-0.3, -0.25) is 4.79 Å². The van der Waals surface area contributed by atoms with Gasteiger partial charge in [0.2, 0.25) is 5.91 Å². The number of aromatic nitrogens is 2. The molecule has 2 heterocycles. The molecule has 0 aliphatic carbocycles. The molecule has 3 N–H and O–H groups in total. The Kier molecular flexibility index (Phi) is 4.72. The van der Waals surface area contributed by atoms with Gasteiger partial charge in [0.25, 0.3) is 0 Å². The van der Waals surface area contributed by atoms with E-state index in [0.717, 1.165) is 11.5 Å². The van der Waals surface area contributed by atoms with Gasteiger partial charge in [-0.15, -0.1) is 0 Å². The number of rotatable bonds is 4. The third kappa shape index (κ3) is 2.97. The van der Waals surface area contributed by atoms with E-state index < -0.39 is 0 Å². The van der Waals surface area contributed by atoms with Crippen LogP contribution in [0.15, 0.2) is 0 Å². The molecule has 0 spiro atoms. The number of likely N-dealkylation sites (N-methyl/N-ethyl adjacent to an activating group) is 1. The maximum absolute atomic E-state index is 12.3. The molecule has 1 aliphatic rings. The first-order chi connectivity index (χ1) is 9.97. The molecule has 1 amide bonds. The second-order valence-corrected chi connectivity index (χ2v) is 5.54. The highest BCUT2D eigenvalue weighted by atomic mass is 16.5. The monoisotopic (exact) mass is 295 g/mol. The van der Waals surface area contributed by atoms with Gasteiger partial charge in [0.05, 0.1) is 24.6 Å². The molecule has 2 rings (SSSR count). The van der Waals surface area contributed by atoms with E-state index in [9.17, 15) is 4.79 Å². The highest BCUT2D eigenvalue weighted by Gasteiger charge is 2.33. The van der Waals surface area contributed by atoms with Crippen LogP contribution in [0.1, 0.15) is 32.5 Å². The Balaban J connectivity index is 2.39. The van der Waals surface area contributed by atoms with Gasteiger partial charge in [0.15, 0.2) is 5.82 Å². The number of nitrogens with one attached hydrogen (secondary N) is 1. The molecule has 7 heteroatoms. The Morgan fingerprint density at radius 1 is 1.57 bits per heavy atom. The van der Waals surface area contributed by atoms with Crippen molar-refractivity contribution in [2.45, 2.75) is 39.8 Å². The third-order valence-electron chi connectivity index (χ3n) is 3.65. The van der Waals surface area contributed by atoms with E-state index in [1.54, 1.807) is 0 Å². The van der Waals surface area contributed by atoms with Crippen LogP contribution >= 0.6 is 0 Å². The number of anilines is 2. The van der Waals surface area contributed by atoms with Crippen molar-refractivity contribution in [2.24, 2.45) is 0 Å². The van der Waals surface area contributed by atoms with Gasteiger partial charge in [-0.2, -0.15) is 5.10 Å². The van der Waals surface area contributed by atoms with Gasteiger partial charge in [-0.05, 0) is 27.7 Å². The zero-order chi connectivity index (χ0) is 15.6. The molecule has 0 saturated carbocycles. The summed E-state index contributed by atoms with van der Waals surface area (Å²) in [5, 5.41) is 7.36. The SMILES string of the molecule is CCNC(=O)C1COCCN1c1c(N)c(C)nn1C(C)C. The smallest absolute Gasteiger partial charge is 0.245 e. The van der Waals surface area contributed by atoms with E-state index in [1.165, 1.54) is 0 Å². The van der Waals surface area contributed by atoms with E-state index in [-0.39, 0.29) is 18.0 Å². The number of hydrogen-bond donors (Lipinski definition) is 2. The van der Waals surface area contributed by atoms with Gasteiger partial charge >= 0.3 is 0 Å². The number of ether oxygens (including phenoxy) is 1. The average Bonchev–Trinajstić information content (AvgIpc) is 2.75. The maximum atomic E-state index is 12.3. The van der Waals surface area contributed by atoms with Crippen LogP contribution in [0.2, 0.25) is 0 Å². The van der Waals surface area contributed by atoms with Gasteiger partial charge in [0, 0.05) is 19.1 Å². The summed E-state index contributed by atoms with van der Waals surface area (Å²) < 4.78 is 7.37. The number of nitrogen functional groups attached to an aromatic ring is 1. The highest BCUT2D eigenvalue weighted by Crippen LogP contribution is 2.31. The van der Waals surface area contributed by atoms with Crippen LogP contribution in [0.4, 0.5) is 11.5 Å². The first-order valence-corrected chi connectivity index (χ1v) is 7.44. The van der Waals surface area contributed by atoms with Crippen LogP contribution < -0.4 is 16.0 Å². The first-order valence-electron chi connectivity index (χ1n) is 7.44. The van der Waals surface area contributed by atoms with Crippen LogP contribution in [0, 0.1) is 6.92 Å². The van der Waals surface area contributed by atoms with Crippen molar-refractivity contribution in [2.75, 3.05) is 36.9 Å². The quantitative estimate of drug-likeness (QED) is 0.854. The minimum atomic E-state index is -0.366. The number of nitrogens with two attached hydrogens (primary N) is 1. The zero-order valence-electron chi connectivity index (χ0n) is 13.2. The fraction of sp³-hybridized carbons (Fsp3) is 0.714. The second kappa shape index (κ2) is 6.34. The van der Waals surface area contributed by atoms with Crippen molar-refractivity contribution >= 4 is 17.4 Å². The minimum Gasteiger partial charge on any atom is -0.394 e. The van der Waals surface area contributed by atoms with Crippen molar-refractivity contribution in [3.8, 4) is 0 Å². The number of nitrogens with zero attached hydrogens (tertiary/aromatic N) is 3. The number of aryl methyl sites for hydroxylation is 1. The second-order valence-electron chi connectivity index (χ2n) is 5.54. The Morgan fingerprint density at radius 3 is 2.90 bits per heavy atom. The van der Waals surface area contributed by atoms with E-state index in [2.05, 4.69) is 24.3 Å². The molecule has 1 unspecified atom stereocenters. The standard InChI is InChI=1S/C14H25N5O2/c1-5-16-13(20)11-8-21-7-6-18(11)14-12(15)10(4)17-19(14)9(2)3/h9,11H,5-8,15H2,1-4H3,(H,16,20). The lowest BCUT2D eigenvalue weighted by Gasteiger charge is -2.36. The summed E-state index contributed by atoms with van der Waals surface area (Å²) >= 11 is 0. The van der Waals surface area contributed by atoms with Crippen molar-refractivity contribution in [3.05, 3.63) is 5.69 Å². The van der Waals surface area contributed by atoms with Crippen LogP contribution in [-0.4, -0.2) is 48.0 Å². The lowest BCUT2D eigenvalue weighted by atomic mass is 10.2. The number of amides is 1. The molecule has 1 fully saturated rings. The lowest BCUT2D eigenvalue weighted by Crippen LogP contribution is -2.54. The Labute approximate surface area is 125 Å². The summed E-state index contributed by atoms with van der Waals surface area (Å²) in [7, 11) is 0. The van der Waals surface area contributed by atoms with E-state index in [1.807, 2.05) is 23.4 Å². The van der Waals surface area contributed by atoms with Crippen LogP contribution in [0.5, 0.6) is 0 Å². The summed E-state index contributed by atoms with van der Waals surface area (Å²) in [6.07, 6.45) is 0. The molecule has 1 atom stereocenters. The van der Waals surface area contributed by atoms with Crippen molar-refractivity contribution in [1.29, 1.82) is 0 Å². The highest BCUT2D eigenvalue weighted by molar-refractivity contribution is 5.86. The predicted molar refractivity (Wildman–Crippen MR) is 82.4 cm³/mol. The molecular weight excluding hydrogens is 270 g/mol. The molecule has 21 heavy (non-hydrogen) atoms. The maximum Gasteiger partial charge on any atom is 0.245 e. The number of carbonyl (C=O) groups excluding carboxylic acids is 1. The van der Waals surface area contributed by atoms with Crippen molar-refractivity contribution in [1.82, 2.24) is 15.1 Å². The average molecular weight is 295 g/mol. The molecule has 1 aromatic rings. The Morgan fingerprint density at radius 2 is 2.29 bits per heavy atom. The van der Waals surface area contributed by atoms with Crippen LogP contribution in [-0.2, 0) is 9.53 Å². The lowest BCUT2D eigenvalue weighted by molar-refractivity contribution is -0.124. The van der Waals surface area contributed by atoms with Crippen molar-refractivity contribution < 1.29 is 9.53 Å². The molecule has 1 aromatic heterocycles. The fourth-order valence-corrected chi connectivity index (χ4v) is 2.56. The summed E-state index contributed by atoms with van der Waals surface area (Å²) in [5.41, 5.74) is 7.64. The van der Waals surface area contributed by atoms with Crippen LogP contribution in [0.25, 0.3) is 0 Å². The van der Waals surface area contributed by atoms with Gasteiger partial charge in [-0.1, -0.05) is 0 Å². The van der Waals surface area contributed by atoms with Gasteiger partial charge < -0.3 is 20.7 Å². The topological polar surface area (TPSA) is 85.4 Å². The van der Waals surface area contributed by atoms with E-state index >= 15 is 0 Å². The first kappa shape index (κ1) is 15.6. The summed E-state index contributed by atoms with van der Waals surface area (Å²) in [5.74, 6) is 0.785. The van der Waals surface area contributed by atoms with Gasteiger partial charge in [-0.25, -0.2) is 4.68 Å². The number of hydrogen-bond acceptors (Lipinski definition) is 5. The molecule has 0 aromatic carbocycles. The molecule has 7 nitrogen and oxygen atoms in total. The molecular formula is C14H25N5O2. The summed E-state index contributed by atoms with van der Waals surface area (Å²) in [6, 6.07) is -0.191. The third-order valence-corrected chi connectivity index (χ3v) is 3.65. The summed E-state index contributed by atoms with van der Waals surface area (Å²) in [6.45, 7) is 10.1. The summed E-state index contributed by atoms with van der Waals surface area (Å²) in [4.78, 5) is 14.3. The van der Waals surface area contributed by atoms with E-state index in [0.29, 0.717) is 32.0 Å². The van der Waals surface area contributed by atoms with Crippen molar-refractivity contribution in [3.63, 3.8) is 0 Å². The number of carbonyl (C=O) groups is 1. The molecule has 1 saturated heterocycles. The molecule has 0 bridgehead atoms.